The summed E-state index contributed by atoms with van der Waals surface area (Å²) in [5.41, 5.74) is 2.68. The molecule has 1 atom stereocenters. The van der Waals surface area contributed by atoms with E-state index in [4.69, 9.17) is 21.4 Å². The van der Waals surface area contributed by atoms with Gasteiger partial charge >= 0.3 is 5.97 Å². The van der Waals surface area contributed by atoms with Crippen LogP contribution in [0, 0.1) is 5.92 Å². The summed E-state index contributed by atoms with van der Waals surface area (Å²) in [5.74, 6) is -0.166. The molecule has 2 heterocycles. The smallest absolute Gasteiger partial charge is 0.303 e. The van der Waals surface area contributed by atoms with Crippen molar-refractivity contribution in [2.45, 2.75) is 32.3 Å². The zero-order valence-corrected chi connectivity index (χ0v) is 18.6. The predicted octanol–water partition coefficient (Wildman–Crippen LogP) is 5.04. The lowest BCUT2D eigenvalue weighted by Gasteiger charge is -2.33. The average molecular weight is 453 g/mol. The lowest BCUT2D eigenvalue weighted by Crippen LogP contribution is -2.45. The molecule has 0 spiro atoms. The summed E-state index contributed by atoms with van der Waals surface area (Å²) in [7, 11) is 0. The fraction of sp³-hybridized carbons (Fsp3) is 0.320. The van der Waals surface area contributed by atoms with Gasteiger partial charge in [0.2, 0.25) is 0 Å². The van der Waals surface area contributed by atoms with Gasteiger partial charge in [-0.2, -0.15) is 0 Å². The molecule has 1 saturated heterocycles. The van der Waals surface area contributed by atoms with Crippen molar-refractivity contribution in [2.75, 3.05) is 13.1 Å². The van der Waals surface area contributed by atoms with Crippen molar-refractivity contribution < 1.29 is 19.4 Å². The van der Waals surface area contributed by atoms with E-state index in [0.29, 0.717) is 36.7 Å². The maximum Gasteiger partial charge on any atom is 0.303 e. The number of pyridine rings is 1. The van der Waals surface area contributed by atoms with Crippen LogP contribution in [-0.4, -0.2) is 46.1 Å². The Balaban J connectivity index is 1.46. The number of hydrogen-bond acceptors (Lipinski definition) is 4. The molecule has 1 unspecified atom stereocenters. The van der Waals surface area contributed by atoms with E-state index < -0.39 is 12.1 Å². The van der Waals surface area contributed by atoms with Gasteiger partial charge in [0.25, 0.3) is 5.91 Å². The van der Waals surface area contributed by atoms with Gasteiger partial charge in [0.05, 0.1) is 5.52 Å². The summed E-state index contributed by atoms with van der Waals surface area (Å²) in [6.45, 7) is 2.86. The van der Waals surface area contributed by atoms with E-state index in [1.54, 1.807) is 18.0 Å². The number of piperidine rings is 1. The number of carboxylic acids is 1. The minimum absolute atomic E-state index is 0.0864. The molecule has 0 bridgehead atoms. The van der Waals surface area contributed by atoms with Crippen molar-refractivity contribution in [1.82, 2.24) is 9.88 Å². The predicted molar refractivity (Wildman–Crippen MR) is 124 cm³/mol. The number of aromatic nitrogens is 1. The van der Waals surface area contributed by atoms with Crippen LogP contribution in [0.25, 0.3) is 22.0 Å². The van der Waals surface area contributed by atoms with Crippen molar-refractivity contribution in [2.24, 2.45) is 5.92 Å². The summed E-state index contributed by atoms with van der Waals surface area (Å²) in [5, 5.41) is 10.6. The number of likely N-dealkylation sites (tertiary alicyclic amines) is 1. The van der Waals surface area contributed by atoms with Gasteiger partial charge in [-0.05, 0) is 55.5 Å². The third-order valence-corrected chi connectivity index (χ3v) is 6.26. The van der Waals surface area contributed by atoms with E-state index in [1.165, 1.54) is 0 Å². The van der Waals surface area contributed by atoms with Gasteiger partial charge in [-0.1, -0.05) is 29.8 Å². The van der Waals surface area contributed by atoms with Crippen LogP contribution in [0.4, 0.5) is 0 Å². The first-order valence-electron chi connectivity index (χ1n) is 10.7. The number of benzene rings is 2. The maximum atomic E-state index is 12.8. The van der Waals surface area contributed by atoms with Crippen molar-refractivity contribution in [3.8, 4) is 16.9 Å². The molecular weight excluding hydrogens is 428 g/mol. The fourth-order valence-corrected chi connectivity index (χ4v) is 4.47. The SMILES string of the molecule is CC(Oc1ccc2c(-c3ccccc3Cl)ccnc2c1)C(=O)N1CCC(CC(=O)O)CC1. The van der Waals surface area contributed by atoms with E-state index in [1.807, 2.05) is 48.5 Å². The second kappa shape index (κ2) is 9.57. The number of amides is 1. The van der Waals surface area contributed by atoms with E-state index in [-0.39, 0.29) is 18.2 Å². The molecule has 0 aliphatic carbocycles. The van der Waals surface area contributed by atoms with Crippen LogP contribution in [0.15, 0.2) is 54.7 Å². The molecule has 1 N–H and O–H groups in total. The summed E-state index contributed by atoms with van der Waals surface area (Å²) in [6.07, 6.45) is 2.66. The van der Waals surface area contributed by atoms with Crippen LogP contribution in [0.2, 0.25) is 5.02 Å². The number of carboxylic acid groups (broad SMARTS) is 1. The van der Waals surface area contributed by atoms with E-state index in [2.05, 4.69) is 4.98 Å². The largest absolute Gasteiger partial charge is 0.481 e. The second-order valence-corrected chi connectivity index (χ2v) is 8.55. The molecule has 6 nitrogen and oxygen atoms in total. The van der Waals surface area contributed by atoms with Crippen molar-refractivity contribution in [3.63, 3.8) is 0 Å². The fourth-order valence-electron chi connectivity index (χ4n) is 4.23. The van der Waals surface area contributed by atoms with E-state index in [9.17, 15) is 9.59 Å². The van der Waals surface area contributed by atoms with Gasteiger partial charge in [0.15, 0.2) is 6.10 Å². The zero-order chi connectivity index (χ0) is 22.7. The Morgan fingerprint density at radius 2 is 1.91 bits per heavy atom. The van der Waals surface area contributed by atoms with Crippen molar-refractivity contribution in [3.05, 3.63) is 59.8 Å². The van der Waals surface area contributed by atoms with Crippen LogP contribution in [0.5, 0.6) is 5.75 Å². The third kappa shape index (κ3) is 4.86. The van der Waals surface area contributed by atoms with E-state index in [0.717, 1.165) is 22.0 Å². The molecule has 7 heteroatoms. The Labute approximate surface area is 191 Å². The molecule has 0 saturated carbocycles. The van der Waals surface area contributed by atoms with Crippen LogP contribution in [0.3, 0.4) is 0 Å². The molecule has 1 aliphatic rings. The second-order valence-electron chi connectivity index (χ2n) is 8.14. The Morgan fingerprint density at radius 3 is 2.62 bits per heavy atom. The Kier molecular flexibility index (Phi) is 6.61. The standard InChI is InChI=1S/C25H25ClN2O4/c1-16(25(31)28-12-9-17(10-13-28)14-24(29)30)32-18-6-7-21-19(8-11-27-23(21)15-18)20-4-2-3-5-22(20)26/h2-8,11,15-17H,9-10,12-14H2,1H3,(H,29,30). The molecule has 4 rings (SSSR count). The number of rotatable bonds is 6. The Hall–Kier alpha value is -3.12. The Morgan fingerprint density at radius 1 is 1.16 bits per heavy atom. The molecule has 1 fully saturated rings. The summed E-state index contributed by atoms with van der Waals surface area (Å²) < 4.78 is 5.95. The summed E-state index contributed by atoms with van der Waals surface area (Å²) in [4.78, 5) is 29.9. The van der Waals surface area contributed by atoms with Gasteiger partial charge < -0.3 is 14.7 Å². The number of halogens is 1. The van der Waals surface area contributed by atoms with Crippen LogP contribution in [0.1, 0.15) is 26.2 Å². The minimum atomic E-state index is -0.783. The highest BCUT2D eigenvalue weighted by Gasteiger charge is 2.28. The lowest BCUT2D eigenvalue weighted by atomic mass is 9.93. The summed E-state index contributed by atoms with van der Waals surface area (Å²) >= 11 is 6.39. The first kappa shape index (κ1) is 22.1. The quantitative estimate of drug-likeness (QED) is 0.567. The van der Waals surface area contributed by atoms with E-state index >= 15 is 0 Å². The molecule has 2 aromatic carbocycles. The molecule has 3 aromatic rings. The maximum absolute atomic E-state index is 12.8. The first-order valence-corrected chi connectivity index (χ1v) is 11.1. The molecular formula is C25H25ClN2O4. The molecule has 0 radical (unpaired) electrons. The van der Waals surface area contributed by atoms with Gasteiger partial charge in [-0.3, -0.25) is 14.6 Å². The summed E-state index contributed by atoms with van der Waals surface area (Å²) in [6, 6.07) is 15.2. The van der Waals surface area contributed by atoms with Crippen molar-refractivity contribution >= 4 is 34.4 Å². The van der Waals surface area contributed by atoms with Gasteiger partial charge in [0, 0.05) is 47.7 Å². The topological polar surface area (TPSA) is 79.7 Å². The third-order valence-electron chi connectivity index (χ3n) is 5.93. The van der Waals surface area contributed by atoms with Crippen LogP contribution < -0.4 is 4.74 Å². The molecule has 1 aliphatic heterocycles. The number of carbonyl (C=O) groups excluding carboxylic acids is 1. The number of aliphatic carboxylic acids is 1. The normalized spacial score (nSPS) is 15.5. The zero-order valence-electron chi connectivity index (χ0n) is 17.8. The molecule has 1 amide bonds. The average Bonchev–Trinajstić information content (AvgIpc) is 2.78. The molecule has 32 heavy (non-hydrogen) atoms. The number of fused-ring (bicyclic) bond motifs is 1. The van der Waals surface area contributed by atoms with Gasteiger partial charge in [0.1, 0.15) is 5.75 Å². The van der Waals surface area contributed by atoms with Crippen molar-refractivity contribution in [1.29, 1.82) is 0 Å². The number of carbonyl (C=O) groups is 2. The van der Waals surface area contributed by atoms with Crippen LogP contribution >= 0.6 is 11.6 Å². The highest BCUT2D eigenvalue weighted by molar-refractivity contribution is 6.33. The number of ether oxygens (including phenoxy) is 1. The Bertz CT molecular complexity index is 1140. The number of hydrogen-bond donors (Lipinski definition) is 1. The molecule has 1 aromatic heterocycles. The highest BCUT2D eigenvalue weighted by atomic mass is 35.5. The monoisotopic (exact) mass is 452 g/mol. The minimum Gasteiger partial charge on any atom is -0.481 e. The van der Waals surface area contributed by atoms with Gasteiger partial charge in [-0.15, -0.1) is 0 Å². The number of nitrogens with zero attached hydrogens (tertiary/aromatic N) is 2. The lowest BCUT2D eigenvalue weighted by molar-refractivity contribution is -0.140. The van der Waals surface area contributed by atoms with Crippen LogP contribution in [-0.2, 0) is 9.59 Å². The van der Waals surface area contributed by atoms with Gasteiger partial charge in [-0.25, -0.2) is 0 Å². The first-order chi connectivity index (χ1) is 15.4. The highest BCUT2D eigenvalue weighted by Crippen LogP contribution is 2.34. The molecule has 166 valence electrons.